The van der Waals surface area contributed by atoms with Crippen molar-refractivity contribution in [1.82, 2.24) is 4.90 Å². The minimum absolute atomic E-state index is 0.0975. The Labute approximate surface area is 269 Å². The number of carbonyl (C=O) groups excluding carboxylic acids is 3. The number of anilines is 1. The summed E-state index contributed by atoms with van der Waals surface area (Å²) in [6, 6.07) is 10.7. The molecule has 0 radical (unpaired) electrons. The molecule has 2 aliphatic carbocycles. The summed E-state index contributed by atoms with van der Waals surface area (Å²) in [5, 5.41) is 3.38. The van der Waals surface area contributed by atoms with Crippen LogP contribution in [0, 0.1) is 10.8 Å². The molecule has 0 saturated carbocycles. The van der Waals surface area contributed by atoms with Gasteiger partial charge in [-0.3, -0.25) is 14.4 Å². The molecular formula is C33H35Br2ClN2O4. The molecule has 2 aromatic rings. The third-order valence-electron chi connectivity index (χ3n) is 8.17. The molecule has 1 aliphatic heterocycles. The highest BCUT2D eigenvalue weighted by Gasteiger charge is 2.48. The number of ether oxygens (including phenoxy) is 1. The summed E-state index contributed by atoms with van der Waals surface area (Å²) < 4.78 is 7.17. The van der Waals surface area contributed by atoms with Gasteiger partial charge in [-0.2, -0.15) is 0 Å². The Bertz CT molecular complexity index is 1460. The summed E-state index contributed by atoms with van der Waals surface area (Å²) in [7, 11) is 0. The SMILES string of the molecule is CCN1C2=C(C(=O)CC(C)(C)C2)C(c2cc(Br)c(OCC(=O)Nc3ccc(Cl)cc3)c(Br)c2)C2=C1CC(C)(C)CC2=O. The molecular weight excluding hydrogens is 684 g/mol. The number of carbonyl (C=O) groups is 3. The highest BCUT2D eigenvalue weighted by atomic mass is 79.9. The van der Waals surface area contributed by atoms with Gasteiger partial charge >= 0.3 is 0 Å². The number of hydrogen-bond acceptors (Lipinski definition) is 5. The molecule has 6 nitrogen and oxygen atoms in total. The number of Topliss-reactive ketones (excluding diaryl/α,β-unsaturated/α-hetero) is 2. The van der Waals surface area contributed by atoms with Gasteiger partial charge < -0.3 is 15.0 Å². The van der Waals surface area contributed by atoms with Gasteiger partial charge in [0.2, 0.25) is 0 Å². The van der Waals surface area contributed by atoms with E-state index in [1.165, 1.54) is 0 Å². The van der Waals surface area contributed by atoms with Gasteiger partial charge in [0.15, 0.2) is 18.2 Å². The van der Waals surface area contributed by atoms with E-state index in [0.29, 0.717) is 44.8 Å². The van der Waals surface area contributed by atoms with Gasteiger partial charge in [-0.25, -0.2) is 0 Å². The minimum Gasteiger partial charge on any atom is -0.481 e. The zero-order chi connectivity index (χ0) is 30.6. The smallest absolute Gasteiger partial charge is 0.262 e. The molecule has 0 unspecified atom stereocenters. The zero-order valence-electron chi connectivity index (χ0n) is 24.5. The van der Waals surface area contributed by atoms with Gasteiger partial charge in [-0.05, 0) is 104 Å². The highest BCUT2D eigenvalue weighted by molar-refractivity contribution is 9.11. The second-order valence-electron chi connectivity index (χ2n) is 12.9. The molecule has 1 N–H and O–H groups in total. The van der Waals surface area contributed by atoms with Crippen LogP contribution in [0.25, 0.3) is 0 Å². The predicted octanol–water partition coefficient (Wildman–Crippen LogP) is 8.59. The fourth-order valence-electron chi connectivity index (χ4n) is 6.51. The van der Waals surface area contributed by atoms with Gasteiger partial charge in [0, 0.05) is 58.6 Å². The minimum atomic E-state index is -0.458. The van der Waals surface area contributed by atoms with E-state index in [4.69, 9.17) is 16.3 Å². The highest BCUT2D eigenvalue weighted by Crippen LogP contribution is 2.55. The monoisotopic (exact) mass is 716 g/mol. The predicted molar refractivity (Wildman–Crippen MR) is 173 cm³/mol. The molecule has 5 rings (SSSR count). The van der Waals surface area contributed by atoms with Crippen molar-refractivity contribution in [2.24, 2.45) is 10.8 Å². The Hall–Kier alpha value is -2.42. The van der Waals surface area contributed by atoms with Crippen LogP contribution in [0.3, 0.4) is 0 Å². The van der Waals surface area contributed by atoms with Crippen LogP contribution >= 0.6 is 43.5 Å². The summed E-state index contributed by atoms with van der Waals surface area (Å²) >= 11 is 13.2. The van der Waals surface area contributed by atoms with Crippen molar-refractivity contribution in [2.75, 3.05) is 18.5 Å². The van der Waals surface area contributed by atoms with E-state index in [-0.39, 0.29) is 34.9 Å². The van der Waals surface area contributed by atoms with Gasteiger partial charge in [-0.15, -0.1) is 0 Å². The molecule has 0 spiro atoms. The first-order chi connectivity index (χ1) is 19.7. The maximum absolute atomic E-state index is 13.9. The Morgan fingerprint density at radius 3 is 1.90 bits per heavy atom. The molecule has 42 heavy (non-hydrogen) atoms. The van der Waals surface area contributed by atoms with E-state index in [2.05, 4.69) is 76.7 Å². The molecule has 0 atom stereocenters. The van der Waals surface area contributed by atoms with Crippen LogP contribution in [-0.4, -0.2) is 35.5 Å². The quantitative estimate of drug-likeness (QED) is 0.324. The topological polar surface area (TPSA) is 75.7 Å². The molecule has 0 saturated heterocycles. The van der Waals surface area contributed by atoms with Gasteiger partial charge in [0.1, 0.15) is 5.75 Å². The lowest BCUT2D eigenvalue weighted by molar-refractivity contribution is -0.120. The number of allylic oxidation sites excluding steroid dienone is 4. The molecule has 1 amide bonds. The van der Waals surface area contributed by atoms with Crippen molar-refractivity contribution in [3.05, 3.63) is 78.5 Å². The summed E-state index contributed by atoms with van der Waals surface area (Å²) in [5.74, 6) is -0.116. The average molecular weight is 719 g/mol. The number of benzene rings is 2. The van der Waals surface area contributed by atoms with Crippen molar-refractivity contribution >= 4 is 66.6 Å². The van der Waals surface area contributed by atoms with Crippen molar-refractivity contribution in [2.45, 2.75) is 66.2 Å². The van der Waals surface area contributed by atoms with E-state index < -0.39 is 5.92 Å². The molecule has 3 aliphatic rings. The molecule has 9 heteroatoms. The number of nitrogens with zero attached hydrogens (tertiary/aromatic N) is 1. The summed E-state index contributed by atoms with van der Waals surface area (Å²) in [6.07, 6.45) is 2.43. The normalized spacial score (nSPS) is 20.0. The lowest BCUT2D eigenvalue weighted by Gasteiger charge is -2.49. The van der Waals surface area contributed by atoms with Gasteiger partial charge in [0.25, 0.3) is 5.91 Å². The Balaban J connectivity index is 1.52. The van der Waals surface area contributed by atoms with Crippen molar-refractivity contribution < 1.29 is 19.1 Å². The third kappa shape index (κ3) is 6.13. The Morgan fingerprint density at radius 1 is 0.929 bits per heavy atom. The van der Waals surface area contributed by atoms with Crippen molar-refractivity contribution in [3.8, 4) is 5.75 Å². The van der Waals surface area contributed by atoms with Gasteiger partial charge in [-0.1, -0.05) is 39.3 Å². The maximum atomic E-state index is 13.9. The second kappa shape index (κ2) is 11.6. The fraction of sp³-hybridized carbons (Fsp3) is 0.424. The molecule has 2 aromatic carbocycles. The number of rotatable bonds is 6. The zero-order valence-corrected chi connectivity index (χ0v) is 28.4. The molecule has 1 heterocycles. The van der Waals surface area contributed by atoms with Crippen LogP contribution < -0.4 is 10.1 Å². The largest absolute Gasteiger partial charge is 0.481 e. The van der Waals surface area contributed by atoms with Gasteiger partial charge in [0.05, 0.1) is 8.95 Å². The van der Waals surface area contributed by atoms with E-state index in [0.717, 1.165) is 40.9 Å². The molecule has 0 fully saturated rings. The number of hydrogen-bond donors (Lipinski definition) is 1. The van der Waals surface area contributed by atoms with Crippen LogP contribution in [0.4, 0.5) is 5.69 Å². The fourth-order valence-corrected chi connectivity index (χ4v) is 8.09. The summed E-state index contributed by atoms with van der Waals surface area (Å²) in [4.78, 5) is 42.5. The van der Waals surface area contributed by atoms with Crippen molar-refractivity contribution in [1.29, 1.82) is 0 Å². The third-order valence-corrected chi connectivity index (χ3v) is 9.60. The Morgan fingerprint density at radius 2 is 1.43 bits per heavy atom. The van der Waals surface area contributed by atoms with Crippen LogP contribution in [0.1, 0.15) is 71.8 Å². The van der Waals surface area contributed by atoms with Crippen LogP contribution in [-0.2, 0) is 14.4 Å². The first-order valence-corrected chi connectivity index (χ1v) is 16.1. The molecule has 222 valence electrons. The lowest BCUT2D eigenvalue weighted by atomic mass is 9.63. The maximum Gasteiger partial charge on any atom is 0.262 e. The number of halogens is 3. The first-order valence-electron chi connectivity index (χ1n) is 14.2. The van der Waals surface area contributed by atoms with E-state index in [1.54, 1.807) is 24.3 Å². The van der Waals surface area contributed by atoms with Crippen LogP contribution in [0.5, 0.6) is 5.75 Å². The number of ketones is 2. The number of nitrogens with one attached hydrogen (secondary N) is 1. The summed E-state index contributed by atoms with van der Waals surface area (Å²) in [5.41, 5.74) is 4.68. The molecule has 0 aromatic heterocycles. The standard InChI is InChI=1S/C33H35Br2ClN2O4/c1-6-38-23-13-32(2,3)15-25(39)29(23)28(30-24(38)14-33(4,5)16-26(30)40)18-11-21(34)31(22(35)12-18)42-17-27(41)37-20-9-7-19(36)8-10-20/h7-12,28H,6,13-17H2,1-5H3,(H,37,41). The lowest BCUT2D eigenvalue weighted by Crippen LogP contribution is -2.44. The Kier molecular flexibility index (Phi) is 8.56. The second-order valence-corrected chi connectivity index (χ2v) is 15.1. The first kappa shape index (κ1) is 31.0. The molecule has 0 bridgehead atoms. The van der Waals surface area contributed by atoms with Crippen molar-refractivity contribution in [3.63, 3.8) is 0 Å². The van der Waals surface area contributed by atoms with Crippen LogP contribution in [0.15, 0.2) is 67.9 Å². The van der Waals surface area contributed by atoms with E-state index in [9.17, 15) is 14.4 Å². The summed E-state index contributed by atoms with van der Waals surface area (Å²) in [6.45, 7) is 11.1. The van der Waals surface area contributed by atoms with E-state index in [1.807, 2.05) is 12.1 Å². The van der Waals surface area contributed by atoms with Crippen LogP contribution in [0.2, 0.25) is 5.02 Å². The average Bonchev–Trinajstić information content (AvgIpc) is 2.87. The number of amides is 1. The van der Waals surface area contributed by atoms with E-state index >= 15 is 0 Å².